The third kappa shape index (κ3) is 1.14. The smallest absolute Gasteiger partial charge is 0.108 e. The van der Waals surface area contributed by atoms with Crippen LogP contribution in [-0.2, 0) is 6.32 Å². The fourth-order valence-corrected chi connectivity index (χ4v) is 1.49. The molecular formula is C6H6BNS. The molecule has 0 radical (unpaired) electrons. The predicted octanol–water partition coefficient (Wildman–Crippen LogP) is 0.753. The Bertz CT molecular complexity index is 235. The first-order chi connectivity index (χ1) is 4.38. The van der Waals surface area contributed by atoms with Crippen LogP contribution in [0.2, 0.25) is 0 Å². The molecule has 0 bridgehead atoms. The van der Waals surface area contributed by atoms with E-state index in [1.165, 1.54) is 4.88 Å². The second-order valence-electron chi connectivity index (χ2n) is 1.72. The molecule has 44 valence electrons. The van der Waals surface area contributed by atoms with E-state index in [0.717, 1.165) is 11.9 Å². The van der Waals surface area contributed by atoms with E-state index in [2.05, 4.69) is 13.9 Å². The summed E-state index contributed by atoms with van der Waals surface area (Å²) in [6.07, 6.45) is 0.973. The van der Waals surface area contributed by atoms with E-state index in [-0.39, 0.29) is 0 Å². The van der Waals surface area contributed by atoms with Gasteiger partial charge in [0.2, 0.25) is 0 Å². The average Bonchev–Trinajstić information content (AvgIpc) is 2.33. The lowest BCUT2D eigenvalue weighted by atomic mass is 10.0. The van der Waals surface area contributed by atoms with Gasteiger partial charge in [0.05, 0.1) is 5.56 Å². The lowest BCUT2D eigenvalue weighted by Gasteiger charge is -1.85. The largest absolute Gasteiger partial charge is 0.192 e. The van der Waals surface area contributed by atoms with Crippen LogP contribution in [-0.4, -0.2) is 7.85 Å². The van der Waals surface area contributed by atoms with Crippen molar-refractivity contribution in [3.05, 3.63) is 21.9 Å². The quantitative estimate of drug-likeness (QED) is 0.521. The van der Waals surface area contributed by atoms with E-state index in [4.69, 9.17) is 5.26 Å². The van der Waals surface area contributed by atoms with Gasteiger partial charge >= 0.3 is 0 Å². The van der Waals surface area contributed by atoms with Crippen LogP contribution in [0.1, 0.15) is 10.4 Å². The average molecular weight is 135 g/mol. The molecule has 3 heteroatoms. The Hall–Kier alpha value is -0.745. The van der Waals surface area contributed by atoms with Gasteiger partial charge in [-0.25, -0.2) is 0 Å². The molecule has 0 amide bonds. The van der Waals surface area contributed by atoms with Crippen LogP contribution in [0.3, 0.4) is 0 Å². The van der Waals surface area contributed by atoms with Crippen molar-refractivity contribution in [2.75, 3.05) is 0 Å². The minimum absolute atomic E-state index is 0.836. The number of hydrogen-bond acceptors (Lipinski definition) is 2. The zero-order chi connectivity index (χ0) is 6.69. The number of nitrogens with zero attached hydrogens (tertiary/aromatic N) is 1. The molecule has 9 heavy (non-hydrogen) atoms. The van der Waals surface area contributed by atoms with Crippen molar-refractivity contribution in [2.45, 2.75) is 6.32 Å². The highest BCUT2D eigenvalue weighted by Gasteiger charge is 1.97. The topological polar surface area (TPSA) is 23.8 Å². The summed E-state index contributed by atoms with van der Waals surface area (Å²) in [5, 5.41) is 10.5. The second kappa shape index (κ2) is 2.70. The molecule has 0 fully saturated rings. The van der Waals surface area contributed by atoms with Gasteiger partial charge < -0.3 is 0 Å². The maximum Gasteiger partial charge on any atom is 0.108 e. The highest BCUT2D eigenvalue weighted by molar-refractivity contribution is 7.10. The van der Waals surface area contributed by atoms with Crippen molar-refractivity contribution in [3.63, 3.8) is 0 Å². The van der Waals surface area contributed by atoms with Crippen LogP contribution in [0, 0.1) is 11.3 Å². The van der Waals surface area contributed by atoms with Crippen LogP contribution < -0.4 is 0 Å². The number of thiophene rings is 1. The first-order valence-corrected chi connectivity index (χ1v) is 3.73. The first kappa shape index (κ1) is 6.38. The van der Waals surface area contributed by atoms with E-state index in [1.54, 1.807) is 11.3 Å². The summed E-state index contributed by atoms with van der Waals surface area (Å²) in [6.45, 7) is 0. The van der Waals surface area contributed by atoms with E-state index in [0.29, 0.717) is 0 Å². The van der Waals surface area contributed by atoms with Crippen LogP contribution in [0.4, 0.5) is 0 Å². The molecule has 0 spiro atoms. The molecule has 1 nitrogen and oxygen atoms in total. The molecule has 1 rings (SSSR count). The van der Waals surface area contributed by atoms with Crippen molar-refractivity contribution >= 4 is 19.2 Å². The summed E-state index contributed by atoms with van der Waals surface area (Å²) < 4.78 is 0. The van der Waals surface area contributed by atoms with Crippen molar-refractivity contribution in [1.29, 1.82) is 5.26 Å². The Kier molecular flexibility index (Phi) is 1.91. The van der Waals surface area contributed by atoms with E-state index < -0.39 is 0 Å². The van der Waals surface area contributed by atoms with Crippen molar-refractivity contribution < 1.29 is 0 Å². The summed E-state index contributed by atoms with van der Waals surface area (Å²) in [6, 6.07) is 4.00. The van der Waals surface area contributed by atoms with Crippen LogP contribution >= 0.6 is 11.3 Å². The minimum atomic E-state index is 0.836. The Balaban J connectivity index is 3.02. The monoisotopic (exact) mass is 135 g/mol. The Morgan fingerprint density at radius 3 is 3.00 bits per heavy atom. The fraction of sp³-hybridized carbons (Fsp3) is 0.167. The molecule has 0 aliphatic heterocycles. The van der Waals surface area contributed by atoms with E-state index in [9.17, 15) is 0 Å². The third-order valence-electron chi connectivity index (χ3n) is 1.19. The molecule has 0 aliphatic rings. The van der Waals surface area contributed by atoms with Crippen molar-refractivity contribution in [1.82, 2.24) is 0 Å². The number of nitriles is 1. The molecule has 0 unspecified atom stereocenters. The van der Waals surface area contributed by atoms with Crippen molar-refractivity contribution in [2.24, 2.45) is 0 Å². The maximum absolute atomic E-state index is 8.50. The van der Waals surface area contributed by atoms with Gasteiger partial charge in [-0.2, -0.15) is 5.26 Å². The lowest BCUT2D eigenvalue weighted by Crippen LogP contribution is -1.79. The van der Waals surface area contributed by atoms with Gasteiger partial charge in [-0.1, -0.05) is 0 Å². The van der Waals surface area contributed by atoms with Gasteiger partial charge in [-0.15, -0.1) is 11.3 Å². The summed E-state index contributed by atoms with van der Waals surface area (Å²) in [4.78, 5) is 1.19. The molecule has 1 heterocycles. The lowest BCUT2D eigenvalue weighted by molar-refractivity contribution is 1.44. The minimum Gasteiger partial charge on any atom is -0.192 e. The van der Waals surface area contributed by atoms with E-state index >= 15 is 0 Å². The van der Waals surface area contributed by atoms with E-state index in [1.807, 2.05) is 11.4 Å². The number of hydrogen-bond donors (Lipinski definition) is 0. The molecule has 0 aliphatic carbocycles. The fourth-order valence-electron chi connectivity index (χ4n) is 0.714. The third-order valence-corrected chi connectivity index (χ3v) is 2.25. The molecule has 1 aromatic heterocycles. The van der Waals surface area contributed by atoms with Crippen LogP contribution in [0.25, 0.3) is 0 Å². The second-order valence-corrected chi connectivity index (χ2v) is 2.72. The Morgan fingerprint density at radius 1 is 1.78 bits per heavy atom. The zero-order valence-corrected chi connectivity index (χ0v) is 6.03. The number of rotatable bonds is 1. The van der Waals surface area contributed by atoms with Crippen molar-refractivity contribution in [3.8, 4) is 6.07 Å². The first-order valence-electron chi connectivity index (χ1n) is 2.85. The molecular weight excluding hydrogens is 129 g/mol. The standard InChI is InChI=1S/C6H6BNS/c7-3-6-5(4-8)1-2-9-6/h1-2H,3,7H2. The predicted molar refractivity (Wildman–Crippen MR) is 41.3 cm³/mol. The van der Waals surface area contributed by atoms with Gasteiger partial charge in [-0.3, -0.25) is 0 Å². The SMILES string of the molecule is BCc1sccc1C#N. The molecule has 0 N–H and O–H groups in total. The molecule has 0 saturated heterocycles. The highest BCUT2D eigenvalue weighted by atomic mass is 32.1. The van der Waals surface area contributed by atoms with Gasteiger partial charge in [0.25, 0.3) is 0 Å². The summed E-state index contributed by atoms with van der Waals surface area (Å²) in [5.74, 6) is 0. The molecule has 0 aromatic carbocycles. The van der Waals surface area contributed by atoms with Gasteiger partial charge in [0, 0.05) is 4.88 Å². The van der Waals surface area contributed by atoms with Crippen LogP contribution in [0.5, 0.6) is 0 Å². The van der Waals surface area contributed by atoms with Gasteiger partial charge in [-0.05, 0) is 17.8 Å². The summed E-state index contributed by atoms with van der Waals surface area (Å²) >= 11 is 1.65. The Morgan fingerprint density at radius 2 is 2.56 bits per heavy atom. The van der Waals surface area contributed by atoms with Crippen LogP contribution in [0.15, 0.2) is 11.4 Å². The maximum atomic E-state index is 8.50. The highest BCUT2D eigenvalue weighted by Crippen LogP contribution is 2.14. The Labute approximate surface area is 59.3 Å². The van der Waals surface area contributed by atoms with Gasteiger partial charge in [0.1, 0.15) is 13.9 Å². The molecule has 1 aromatic rings. The summed E-state index contributed by atoms with van der Waals surface area (Å²) in [5.41, 5.74) is 0.836. The summed E-state index contributed by atoms with van der Waals surface area (Å²) in [7, 11) is 2.06. The molecule has 0 atom stereocenters. The normalized spacial score (nSPS) is 8.78. The zero-order valence-electron chi connectivity index (χ0n) is 5.22. The molecule has 0 saturated carbocycles. The van der Waals surface area contributed by atoms with Gasteiger partial charge in [0.15, 0.2) is 0 Å².